The van der Waals surface area contributed by atoms with Gasteiger partial charge in [0.05, 0.1) is 11.0 Å². The molecule has 1 heterocycles. The molecule has 1 aromatic carbocycles. The Labute approximate surface area is 127 Å². The van der Waals surface area contributed by atoms with Gasteiger partial charge >= 0.3 is 0 Å². The molecule has 1 aliphatic rings. The lowest BCUT2D eigenvalue weighted by Gasteiger charge is -2.25. The van der Waals surface area contributed by atoms with Crippen molar-refractivity contribution in [2.75, 3.05) is 26.0 Å². The van der Waals surface area contributed by atoms with Gasteiger partial charge in [-0.2, -0.15) is 0 Å². The van der Waals surface area contributed by atoms with E-state index in [1.807, 2.05) is 19.2 Å². The lowest BCUT2D eigenvalue weighted by atomic mass is 10.1. The second-order valence-electron chi connectivity index (χ2n) is 5.58. The van der Waals surface area contributed by atoms with Crippen molar-refractivity contribution in [3.63, 3.8) is 0 Å². The van der Waals surface area contributed by atoms with Crippen molar-refractivity contribution in [1.29, 1.82) is 0 Å². The van der Waals surface area contributed by atoms with Crippen LogP contribution in [-0.2, 0) is 21.0 Å². The van der Waals surface area contributed by atoms with Crippen molar-refractivity contribution in [3.05, 3.63) is 35.4 Å². The molecule has 0 aromatic heterocycles. The van der Waals surface area contributed by atoms with Gasteiger partial charge < -0.3 is 10.1 Å². The molecule has 0 saturated carbocycles. The van der Waals surface area contributed by atoms with E-state index >= 15 is 0 Å². The van der Waals surface area contributed by atoms with Gasteiger partial charge in [-0.1, -0.05) is 31.2 Å². The van der Waals surface area contributed by atoms with Gasteiger partial charge in [-0.15, -0.1) is 0 Å². The largest absolute Gasteiger partial charge is 0.381 e. The summed E-state index contributed by atoms with van der Waals surface area (Å²) in [4.78, 5) is 0. The van der Waals surface area contributed by atoms with E-state index in [2.05, 4.69) is 24.4 Å². The summed E-state index contributed by atoms with van der Waals surface area (Å²) in [6, 6.07) is 8.05. The number of aryl methyl sites for hydroxylation is 1. The number of hydrogen-bond acceptors (Lipinski definition) is 4. The standard InChI is InChI=1S/C16H25NO3S/c1-3-13-4-6-14(7-5-13)16(17-2)12-21(18,19)15-8-10-20-11-9-15/h4-7,15-17H,3,8-12H2,1-2H3. The fourth-order valence-corrected chi connectivity index (χ4v) is 4.74. The third kappa shape index (κ3) is 4.28. The molecule has 0 bridgehead atoms. The number of benzene rings is 1. The van der Waals surface area contributed by atoms with Gasteiger partial charge in [-0.25, -0.2) is 8.42 Å². The van der Waals surface area contributed by atoms with Crippen LogP contribution in [0, 0.1) is 0 Å². The molecule has 1 fully saturated rings. The summed E-state index contributed by atoms with van der Waals surface area (Å²) in [5, 5.41) is 2.89. The first-order valence-corrected chi connectivity index (χ1v) is 9.33. The van der Waals surface area contributed by atoms with Crippen molar-refractivity contribution in [2.24, 2.45) is 0 Å². The Kier molecular flexibility index (Phi) is 5.79. The number of ether oxygens (including phenoxy) is 1. The summed E-state index contributed by atoms with van der Waals surface area (Å²) in [5.41, 5.74) is 2.30. The molecule has 4 nitrogen and oxygen atoms in total. The SMILES string of the molecule is CCc1ccc(C(CS(=O)(=O)C2CCOCC2)NC)cc1. The molecule has 0 amide bonds. The predicted octanol–water partition coefficient (Wildman–Crippen LogP) is 2.10. The van der Waals surface area contributed by atoms with Gasteiger partial charge in [0.25, 0.3) is 0 Å². The van der Waals surface area contributed by atoms with Crippen LogP contribution in [0.1, 0.15) is 36.9 Å². The van der Waals surface area contributed by atoms with Crippen LogP contribution in [0.25, 0.3) is 0 Å². The highest BCUT2D eigenvalue weighted by Crippen LogP contribution is 2.22. The molecule has 0 aliphatic carbocycles. The third-order valence-corrected chi connectivity index (χ3v) is 6.50. The minimum absolute atomic E-state index is 0.149. The van der Waals surface area contributed by atoms with Gasteiger partial charge in [0, 0.05) is 19.3 Å². The van der Waals surface area contributed by atoms with Gasteiger partial charge in [0.15, 0.2) is 9.84 Å². The van der Waals surface area contributed by atoms with Crippen molar-refractivity contribution in [3.8, 4) is 0 Å². The summed E-state index contributed by atoms with van der Waals surface area (Å²) >= 11 is 0. The predicted molar refractivity (Wildman–Crippen MR) is 85.2 cm³/mol. The van der Waals surface area contributed by atoms with Crippen molar-refractivity contribution >= 4 is 9.84 Å². The van der Waals surface area contributed by atoms with Crippen LogP contribution < -0.4 is 5.32 Å². The Morgan fingerprint density at radius 2 is 1.86 bits per heavy atom. The smallest absolute Gasteiger partial charge is 0.155 e. The van der Waals surface area contributed by atoms with Crippen LogP contribution >= 0.6 is 0 Å². The molecule has 1 unspecified atom stereocenters. The molecule has 1 aromatic rings. The van der Waals surface area contributed by atoms with Crippen LogP contribution in [0.15, 0.2) is 24.3 Å². The zero-order valence-electron chi connectivity index (χ0n) is 12.8. The second-order valence-corrected chi connectivity index (χ2v) is 7.90. The molecule has 0 spiro atoms. The van der Waals surface area contributed by atoms with Crippen LogP contribution in [0.4, 0.5) is 0 Å². The summed E-state index contributed by atoms with van der Waals surface area (Å²) in [5.74, 6) is 0.152. The molecule has 1 atom stereocenters. The van der Waals surface area contributed by atoms with Crippen molar-refractivity contribution in [2.45, 2.75) is 37.5 Å². The average molecular weight is 311 g/mol. The molecule has 21 heavy (non-hydrogen) atoms. The monoisotopic (exact) mass is 311 g/mol. The van der Waals surface area contributed by atoms with Crippen molar-refractivity contribution in [1.82, 2.24) is 5.32 Å². The first-order chi connectivity index (χ1) is 10.1. The molecule has 2 rings (SSSR count). The average Bonchev–Trinajstić information content (AvgIpc) is 2.53. The first kappa shape index (κ1) is 16.5. The van der Waals surface area contributed by atoms with E-state index in [1.54, 1.807) is 0 Å². The molecule has 0 radical (unpaired) electrons. The molecule has 1 N–H and O–H groups in total. The highest BCUT2D eigenvalue weighted by atomic mass is 32.2. The van der Waals surface area contributed by atoms with Gasteiger partial charge in [0.2, 0.25) is 0 Å². The summed E-state index contributed by atoms with van der Waals surface area (Å²) in [6.07, 6.45) is 2.23. The van der Waals surface area contributed by atoms with E-state index in [0.29, 0.717) is 26.1 Å². The highest BCUT2D eigenvalue weighted by Gasteiger charge is 2.30. The lowest BCUT2D eigenvalue weighted by Crippen LogP contribution is -2.35. The van der Waals surface area contributed by atoms with Crippen LogP contribution in [-0.4, -0.2) is 39.7 Å². The fraction of sp³-hybridized carbons (Fsp3) is 0.625. The number of sulfone groups is 1. The van der Waals surface area contributed by atoms with Gasteiger partial charge in [0.1, 0.15) is 0 Å². The molecule has 118 valence electrons. The maximum absolute atomic E-state index is 12.6. The van der Waals surface area contributed by atoms with E-state index in [-0.39, 0.29) is 17.0 Å². The Morgan fingerprint density at radius 3 is 2.38 bits per heavy atom. The summed E-state index contributed by atoms with van der Waals surface area (Å²) in [6.45, 7) is 3.22. The van der Waals surface area contributed by atoms with Crippen LogP contribution in [0.3, 0.4) is 0 Å². The quantitative estimate of drug-likeness (QED) is 0.874. The van der Waals surface area contributed by atoms with Crippen molar-refractivity contribution < 1.29 is 13.2 Å². The van der Waals surface area contributed by atoms with E-state index in [9.17, 15) is 8.42 Å². The second kappa shape index (κ2) is 7.38. The molecular formula is C16H25NO3S. The minimum atomic E-state index is -3.10. The zero-order valence-corrected chi connectivity index (χ0v) is 13.7. The normalized spacial score (nSPS) is 18.6. The molecule has 1 saturated heterocycles. The Hall–Kier alpha value is -0.910. The maximum Gasteiger partial charge on any atom is 0.155 e. The number of hydrogen-bond donors (Lipinski definition) is 1. The van der Waals surface area contributed by atoms with Gasteiger partial charge in [-0.3, -0.25) is 0 Å². The van der Waals surface area contributed by atoms with E-state index in [4.69, 9.17) is 4.74 Å². The van der Waals surface area contributed by atoms with E-state index in [0.717, 1.165) is 12.0 Å². The first-order valence-electron chi connectivity index (χ1n) is 7.62. The number of rotatable bonds is 6. The third-order valence-electron chi connectivity index (χ3n) is 4.21. The summed E-state index contributed by atoms with van der Waals surface area (Å²) in [7, 11) is -1.28. The molecule has 5 heteroatoms. The lowest BCUT2D eigenvalue weighted by molar-refractivity contribution is 0.0983. The molecule has 1 aliphatic heterocycles. The Morgan fingerprint density at radius 1 is 1.24 bits per heavy atom. The van der Waals surface area contributed by atoms with Crippen LogP contribution in [0.5, 0.6) is 0 Å². The van der Waals surface area contributed by atoms with E-state index in [1.165, 1.54) is 5.56 Å². The Bertz CT molecular complexity index is 533. The number of nitrogens with one attached hydrogen (secondary N) is 1. The maximum atomic E-state index is 12.6. The summed E-state index contributed by atoms with van der Waals surface area (Å²) < 4.78 is 30.4. The minimum Gasteiger partial charge on any atom is -0.381 e. The molecular weight excluding hydrogens is 286 g/mol. The topological polar surface area (TPSA) is 55.4 Å². The van der Waals surface area contributed by atoms with Gasteiger partial charge in [-0.05, 0) is 37.4 Å². The Balaban J connectivity index is 2.09. The van der Waals surface area contributed by atoms with E-state index < -0.39 is 9.84 Å². The van der Waals surface area contributed by atoms with Crippen LogP contribution in [0.2, 0.25) is 0 Å². The fourth-order valence-electron chi connectivity index (χ4n) is 2.74. The highest BCUT2D eigenvalue weighted by molar-refractivity contribution is 7.92. The zero-order chi connectivity index (χ0) is 15.3.